The standard InChI is InChI=1S/C13H19N5O3/c1-8-3-2-4-17(11(8)13(20)21)12(19)10-7-18(16-15-10)9-5-14-6-9/h7-9,11,14H,2-6H2,1H3,(H,20,21). The van der Waals surface area contributed by atoms with Crippen LogP contribution in [-0.2, 0) is 4.79 Å². The molecule has 2 N–H and O–H groups in total. The average Bonchev–Trinajstić information content (AvgIpc) is 2.84. The van der Waals surface area contributed by atoms with Crippen LogP contribution in [0.1, 0.15) is 36.3 Å². The molecule has 0 saturated carbocycles. The Kier molecular flexibility index (Phi) is 3.62. The van der Waals surface area contributed by atoms with Gasteiger partial charge in [0.2, 0.25) is 0 Å². The van der Waals surface area contributed by atoms with Crippen LogP contribution in [0.3, 0.4) is 0 Å². The minimum absolute atomic E-state index is 0.0499. The molecule has 3 heterocycles. The highest BCUT2D eigenvalue weighted by atomic mass is 16.4. The van der Waals surface area contributed by atoms with Gasteiger partial charge in [-0.05, 0) is 18.8 Å². The summed E-state index contributed by atoms with van der Waals surface area (Å²) in [5, 5.41) is 20.4. The zero-order valence-corrected chi connectivity index (χ0v) is 11.9. The van der Waals surface area contributed by atoms with Gasteiger partial charge in [-0.25, -0.2) is 9.48 Å². The highest BCUT2D eigenvalue weighted by Crippen LogP contribution is 2.25. The molecule has 2 fully saturated rings. The minimum Gasteiger partial charge on any atom is -0.480 e. The Hall–Kier alpha value is -1.96. The van der Waals surface area contributed by atoms with Crippen LogP contribution in [-0.4, -0.2) is 62.6 Å². The molecule has 2 aliphatic heterocycles. The number of aromatic nitrogens is 3. The number of carboxylic acid groups (broad SMARTS) is 1. The Bertz CT molecular complexity index is 554. The zero-order valence-electron chi connectivity index (χ0n) is 11.9. The van der Waals surface area contributed by atoms with Crippen molar-refractivity contribution in [3.63, 3.8) is 0 Å². The summed E-state index contributed by atoms with van der Waals surface area (Å²) in [5.41, 5.74) is 0.224. The van der Waals surface area contributed by atoms with Gasteiger partial charge in [0.25, 0.3) is 5.91 Å². The lowest BCUT2D eigenvalue weighted by atomic mass is 9.90. The van der Waals surface area contributed by atoms with Crippen LogP contribution in [0.2, 0.25) is 0 Å². The maximum atomic E-state index is 12.5. The van der Waals surface area contributed by atoms with Crippen LogP contribution in [0.4, 0.5) is 0 Å². The molecule has 0 aromatic carbocycles. The van der Waals surface area contributed by atoms with Crippen molar-refractivity contribution in [2.24, 2.45) is 5.92 Å². The number of nitrogens with one attached hydrogen (secondary N) is 1. The van der Waals surface area contributed by atoms with E-state index in [1.165, 1.54) is 4.90 Å². The van der Waals surface area contributed by atoms with E-state index in [2.05, 4.69) is 15.6 Å². The maximum absolute atomic E-state index is 12.5. The number of piperidine rings is 1. The molecule has 8 heteroatoms. The zero-order chi connectivity index (χ0) is 15.0. The van der Waals surface area contributed by atoms with E-state index in [9.17, 15) is 14.7 Å². The highest BCUT2D eigenvalue weighted by molar-refractivity contribution is 5.94. The number of hydrogen-bond acceptors (Lipinski definition) is 5. The van der Waals surface area contributed by atoms with Crippen molar-refractivity contribution in [2.75, 3.05) is 19.6 Å². The van der Waals surface area contributed by atoms with E-state index in [4.69, 9.17) is 0 Å². The van der Waals surface area contributed by atoms with Gasteiger partial charge in [-0.3, -0.25) is 4.79 Å². The molecular formula is C13H19N5O3. The Labute approximate surface area is 122 Å². The number of nitrogens with zero attached hydrogens (tertiary/aromatic N) is 4. The van der Waals surface area contributed by atoms with E-state index < -0.39 is 12.0 Å². The number of hydrogen-bond donors (Lipinski definition) is 2. The molecule has 8 nitrogen and oxygen atoms in total. The van der Waals surface area contributed by atoms with Gasteiger partial charge in [-0.15, -0.1) is 5.10 Å². The van der Waals surface area contributed by atoms with Gasteiger partial charge >= 0.3 is 5.97 Å². The first-order chi connectivity index (χ1) is 10.1. The first kappa shape index (κ1) is 14.0. The average molecular weight is 293 g/mol. The van der Waals surface area contributed by atoms with E-state index in [-0.39, 0.29) is 23.6 Å². The highest BCUT2D eigenvalue weighted by Gasteiger charge is 2.38. The van der Waals surface area contributed by atoms with E-state index >= 15 is 0 Å². The van der Waals surface area contributed by atoms with Crippen molar-refractivity contribution >= 4 is 11.9 Å². The Morgan fingerprint density at radius 3 is 2.81 bits per heavy atom. The van der Waals surface area contributed by atoms with E-state index in [0.717, 1.165) is 25.9 Å². The molecule has 1 amide bonds. The first-order valence-corrected chi connectivity index (χ1v) is 7.24. The van der Waals surface area contributed by atoms with Crippen LogP contribution in [0, 0.1) is 5.92 Å². The molecule has 0 radical (unpaired) electrons. The Morgan fingerprint density at radius 1 is 1.43 bits per heavy atom. The van der Waals surface area contributed by atoms with Crippen LogP contribution in [0.15, 0.2) is 6.20 Å². The number of amides is 1. The van der Waals surface area contributed by atoms with Crippen molar-refractivity contribution in [3.8, 4) is 0 Å². The summed E-state index contributed by atoms with van der Waals surface area (Å²) in [6, 6.07) is -0.545. The van der Waals surface area contributed by atoms with Gasteiger partial charge in [0, 0.05) is 19.6 Å². The van der Waals surface area contributed by atoms with Crippen LogP contribution in [0.25, 0.3) is 0 Å². The fourth-order valence-electron chi connectivity index (χ4n) is 2.95. The number of carbonyl (C=O) groups excluding carboxylic acids is 1. The largest absolute Gasteiger partial charge is 0.480 e. The smallest absolute Gasteiger partial charge is 0.326 e. The van der Waals surface area contributed by atoms with Crippen LogP contribution < -0.4 is 5.32 Å². The quantitative estimate of drug-likeness (QED) is 0.797. The fraction of sp³-hybridized carbons (Fsp3) is 0.692. The molecule has 114 valence electrons. The summed E-state index contributed by atoms with van der Waals surface area (Å²) in [5.74, 6) is -1.34. The van der Waals surface area contributed by atoms with Crippen molar-refractivity contribution < 1.29 is 14.7 Å². The normalized spacial score (nSPS) is 26.4. The topological polar surface area (TPSA) is 100 Å². The summed E-state index contributed by atoms with van der Waals surface area (Å²) in [6.45, 7) is 3.96. The molecule has 0 spiro atoms. The molecular weight excluding hydrogens is 274 g/mol. The summed E-state index contributed by atoms with van der Waals surface area (Å²) in [6.07, 6.45) is 3.25. The number of rotatable bonds is 3. The summed E-state index contributed by atoms with van der Waals surface area (Å²) in [7, 11) is 0. The molecule has 21 heavy (non-hydrogen) atoms. The lowest BCUT2D eigenvalue weighted by Crippen LogP contribution is -2.52. The lowest BCUT2D eigenvalue weighted by Gasteiger charge is -2.36. The number of carbonyl (C=O) groups is 2. The maximum Gasteiger partial charge on any atom is 0.326 e. The number of likely N-dealkylation sites (tertiary alicyclic amines) is 1. The van der Waals surface area contributed by atoms with Gasteiger partial charge in [0.1, 0.15) is 6.04 Å². The molecule has 0 bridgehead atoms. The van der Waals surface area contributed by atoms with Gasteiger partial charge in [0.05, 0.1) is 12.2 Å². The molecule has 2 saturated heterocycles. The van der Waals surface area contributed by atoms with Crippen LogP contribution in [0.5, 0.6) is 0 Å². The molecule has 0 aliphatic carbocycles. The molecule has 1 aromatic heterocycles. The number of aliphatic carboxylic acids is 1. The molecule has 2 atom stereocenters. The van der Waals surface area contributed by atoms with E-state index in [1.807, 2.05) is 6.92 Å². The van der Waals surface area contributed by atoms with Gasteiger partial charge in [0.15, 0.2) is 5.69 Å². The second kappa shape index (κ2) is 5.44. The van der Waals surface area contributed by atoms with Crippen molar-refractivity contribution in [3.05, 3.63) is 11.9 Å². The summed E-state index contributed by atoms with van der Waals surface area (Å²) in [4.78, 5) is 25.4. The second-order valence-electron chi connectivity index (χ2n) is 5.80. The SMILES string of the molecule is CC1CCCN(C(=O)c2cn(C3CNC3)nn2)C1C(=O)O. The monoisotopic (exact) mass is 293 g/mol. The van der Waals surface area contributed by atoms with Gasteiger partial charge in [-0.1, -0.05) is 12.1 Å². The predicted octanol–water partition coefficient (Wildman–Crippen LogP) is -0.252. The van der Waals surface area contributed by atoms with Gasteiger partial charge in [-0.2, -0.15) is 0 Å². The van der Waals surface area contributed by atoms with Crippen LogP contribution >= 0.6 is 0 Å². The fourth-order valence-corrected chi connectivity index (χ4v) is 2.95. The third-order valence-electron chi connectivity index (χ3n) is 4.31. The van der Waals surface area contributed by atoms with E-state index in [0.29, 0.717) is 6.54 Å². The van der Waals surface area contributed by atoms with Crippen molar-refractivity contribution in [1.29, 1.82) is 0 Å². The lowest BCUT2D eigenvalue weighted by molar-refractivity contribution is -0.145. The van der Waals surface area contributed by atoms with Crippen molar-refractivity contribution in [1.82, 2.24) is 25.2 Å². The molecule has 2 unspecified atom stereocenters. The third-order valence-corrected chi connectivity index (χ3v) is 4.31. The molecule has 2 aliphatic rings. The second-order valence-corrected chi connectivity index (χ2v) is 5.80. The Balaban J connectivity index is 1.79. The first-order valence-electron chi connectivity index (χ1n) is 7.24. The molecule has 1 aromatic rings. The van der Waals surface area contributed by atoms with Crippen molar-refractivity contribution in [2.45, 2.75) is 31.8 Å². The van der Waals surface area contributed by atoms with Gasteiger partial charge < -0.3 is 15.3 Å². The van der Waals surface area contributed by atoms with E-state index in [1.54, 1.807) is 10.9 Å². The summed E-state index contributed by atoms with van der Waals surface area (Å²) >= 11 is 0. The minimum atomic E-state index is -0.953. The number of carboxylic acids is 1. The Morgan fingerprint density at radius 2 is 2.19 bits per heavy atom. The summed E-state index contributed by atoms with van der Waals surface area (Å²) < 4.78 is 1.67. The third kappa shape index (κ3) is 2.51. The molecule has 3 rings (SSSR count). The predicted molar refractivity (Wildman–Crippen MR) is 72.8 cm³/mol.